The van der Waals surface area contributed by atoms with Crippen LogP contribution in [0.15, 0.2) is 75.9 Å². The molecule has 0 bridgehead atoms. The van der Waals surface area contributed by atoms with Gasteiger partial charge in [0.2, 0.25) is 0 Å². The molecule has 0 unspecified atom stereocenters. The predicted octanol–water partition coefficient (Wildman–Crippen LogP) is 4.74. The number of hydrogen-bond acceptors (Lipinski definition) is 8. The van der Waals surface area contributed by atoms with Crippen LogP contribution in [0.25, 0.3) is 10.9 Å². The van der Waals surface area contributed by atoms with Gasteiger partial charge in [0.05, 0.1) is 47.8 Å². The van der Waals surface area contributed by atoms with E-state index in [-0.39, 0.29) is 11.0 Å². The van der Waals surface area contributed by atoms with Gasteiger partial charge in [0.15, 0.2) is 0 Å². The molecular formula is C27H27ClN6O3S. The van der Waals surface area contributed by atoms with Crippen molar-refractivity contribution in [3.05, 3.63) is 82.1 Å². The molecule has 196 valence electrons. The molecule has 1 aliphatic heterocycles. The number of hydrogen-bond donors (Lipinski definition) is 1. The number of nitrogens with two attached hydrogens (primary N) is 1. The first kappa shape index (κ1) is 26.0. The maximum absolute atomic E-state index is 13.3. The molecule has 0 radical (unpaired) electrons. The number of ether oxygens (including phenoxy) is 1. The number of piperidine rings is 1. The van der Waals surface area contributed by atoms with Crippen LogP contribution in [0.2, 0.25) is 5.02 Å². The smallest absolute Gasteiger partial charge is 0.404 e. The molecule has 1 saturated heterocycles. The lowest BCUT2D eigenvalue weighted by atomic mass is 9.81. The molecule has 2 N–H and O–H groups in total. The summed E-state index contributed by atoms with van der Waals surface area (Å²) in [6, 6.07) is 13.4. The number of carbonyl (C=O) groups excluding carboxylic acids is 1. The Balaban J connectivity index is 1.30. The third-order valence-corrected chi connectivity index (χ3v) is 8.26. The maximum Gasteiger partial charge on any atom is 0.404 e. The largest absolute Gasteiger partial charge is 0.449 e. The number of amides is 1. The van der Waals surface area contributed by atoms with Gasteiger partial charge in [-0.15, -0.1) is 0 Å². The minimum Gasteiger partial charge on any atom is -0.449 e. The highest BCUT2D eigenvalue weighted by molar-refractivity contribution is 7.99. The molecule has 5 rings (SSSR count). The van der Waals surface area contributed by atoms with Crippen LogP contribution in [0.3, 0.4) is 0 Å². The molecule has 3 heterocycles. The fourth-order valence-electron chi connectivity index (χ4n) is 4.46. The topological polar surface area (TPSA) is 116 Å². The summed E-state index contributed by atoms with van der Waals surface area (Å²) in [5.74, 6) is 0.782. The second-order valence-electron chi connectivity index (χ2n) is 9.66. The van der Waals surface area contributed by atoms with Crippen molar-refractivity contribution < 1.29 is 9.53 Å². The van der Waals surface area contributed by atoms with Crippen molar-refractivity contribution in [2.24, 2.45) is 11.1 Å². The fraction of sp³-hybridized carbons (Fsp3) is 0.296. The fourth-order valence-corrected chi connectivity index (χ4v) is 5.58. The Morgan fingerprint density at radius 2 is 1.87 bits per heavy atom. The Hall–Kier alpha value is -3.63. The molecule has 1 fully saturated rings. The van der Waals surface area contributed by atoms with Crippen LogP contribution >= 0.6 is 23.4 Å². The van der Waals surface area contributed by atoms with Crippen molar-refractivity contribution in [2.75, 3.05) is 24.6 Å². The predicted molar refractivity (Wildman–Crippen MR) is 148 cm³/mol. The van der Waals surface area contributed by atoms with Gasteiger partial charge in [-0.25, -0.2) is 19.7 Å². The van der Waals surface area contributed by atoms with Crippen molar-refractivity contribution in [1.29, 1.82) is 0 Å². The van der Waals surface area contributed by atoms with Crippen LogP contribution < -0.4 is 16.2 Å². The molecule has 11 heteroatoms. The Morgan fingerprint density at radius 3 is 2.55 bits per heavy atom. The average molecular weight is 551 g/mol. The van der Waals surface area contributed by atoms with E-state index in [1.165, 1.54) is 11.8 Å². The second-order valence-corrected chi connectivity index (χ2v) is 11.1. The monoisotopic (exact) mass is 550 g/mol. The van der Waals surface area contributed by atoms with Crippen LogP contribution in [0.5, 0.6) is 0 Å². The molecule has 9 nitrogen and oxygen atoms in total. The molecule has 4 aromatic rings. The third kappa shape index (κ3) is 5.76. The van der Waals surface area contributed by atoms with Gasteiger partial charge in [-0.2, -0.15) is 0 Å². The van der Waals surface area contributed by atoms with Crippen molar-refractivity contribution in [1.82, 2.24) is 19.5 Å². The van der Waals surface area contributed by atoms with E-state index >= 15 is 0 Å². The number of primary amides is 1. The number of benzene rings is 2. The van der Waals surface area contributed by atoms with E-state index in [9.17, 15) is 9.59 Å². The summed E-state index contributed by atoms with van der Waals surface area (Å²) in [5, 5.41) is 1.41. The SMILES string of the molecule is CC1(COC(N)=O)CCN(c2cnc(Sc3ccc4ncn(Cc5ccccc5)c(=O)c4c3Cl)cn2)CC1. The Kier molecular flexibility index (Phi) is 7.53. The molecule has 0 spiro atoms. The molecule has 2 aromatic carbocycles. The standard InChI is InChI=1S/C27H27ClN6O3S/c1-27(16-37-26(29)36)9-11-33(12-10-27)21-13-31-22(14-30-21)38-20-8-7-19-23(24(20)28)25(35)34(17-32-19)15-18-5-3-2-4-6-18/h2-8,13-14,17H,9-12,15-16H2,1H3,(H2,29,36). The van der Waals surface area contributed by atoms with E-state index in [0.29, 0.717) is 39.0 Å². The van der Waals surface area contributed by atoms with Gasteiger partial charge in [0, 0.05) is 23.4 Å². The van der Waals surface area contributed by atoms with Crippen molar-refractivity contribution in [3.63, 3.8) is 0 Å². The van der Waals surface area contributed by atoms with Gasteiger partial charge >= 0.3 is 6.09 Å². The summed E-state index contributed by atoms with van der Waals surface area (Å²) in [4.78, 5) is 40.7. The average Bonchev–Trinajstić information content (AvgIpc) is 2.92. The summed E-state index contributed by atoms with van der Waals surface area (Å²) >= 11 is 8.08. The number of nitrogens with zero attached hydrogens (tertiary/aromatic N) is 5. The number of carbonyl (C=O) groups is 1. The molecular weight excluding hydrogens is 524 g/mol. The minimum atomic E-state index is -0.742. The van der Waals surface area contributed by atoms with Gasteiger partial charge in [-0.05, 0) is 30.5 Å². The normalized spacial score (nSPS) is 14.9. The van der Waals surface area contributed by atoms with Gasteiger partial charge in [0.1, 0.15) is 10.8 Å². The van der Waals surface area contributed by atoms with Crippen LogP contribution in [0, 0.1) is 5.41 Å². The Bertz CT molecular complexity index is 1510. The van der Waals surface area contributed by atoms with E-state index in [2.05, 4.69) is 26.8 Å². The minimum absolute atomic E-state index is 0.101. The summed E-state index contributed by atoms with van der Waals surface area (Å²) in [7, 11) is 0. The highest BCUT2D eigenvalue weighted by atomic mass is 35.5. The molecule has 0 saturated carbocycles. The summed E-state index contributed by atoms with van der Waals surface area (Å²) in [6.07, 6.45) is 5.96. The maximum atomic E-state index is 13.3. The third-order valence-electron chi connectivity index (χ3n) is 6.78. The van der Waals surface area contributed by atoms with Crippen molar-refractivity contribution >= 4 is 46.2 Å². The Labute approximate surface area is 229 Å². The highest BCUT2D eigenvalue weighted by Gasteiger charge is 2.32. The first-order chi connectivity index (χ1) is 18.3. The first-order valence-corrected chi connectivity index (χ1v) is 13.4. The van der Waals surface area contributed by atoms with Crippen LogP contribution in [0.1, 0.15) is 25.3 Å². The van der Waals surface area contributed by atoms with Crippen molar-refractivity contribution in [3.8, 4) is 0 Å². The van der Waals surface area contributed by atoms with E-state index in [1.54, 1.807) is 29.4 Å². The first-order valence-electron chi connectivity index (χ1n) is 12.2. The molecule has 1 amide bonds. The van der Waals surface area contributed by atoms with Gasteiger partial charge in [0.25, 0.3) is 5.56 Å². The number of fused-ring (bicyclic) bond motifs is 1. The number of rotatable bonds is 7. The van der Waals surface area contributed by atoms with Crippen LogP contribution in [-0.2, 0) is 11.3 Å². The van der Waals surface area contributed by atoms with Gasteiger partial charge in [-0.1, -0.05) is 60.6 Å². The quantitative estimate of drug-likeness (QED) is 0.351. The zero-order chi connectivity index (χ0) is 26.7. The van der Waals surface area contributed by atoms with Crippen LogP contribution in [0.4, 0.5) is 10.6 Å². The lowest BCUT2D eigenvalue weighted by Crippen LogP contribution is -2.42. The Morgan fingerprint density at radius 1 is 1.11 bits per heavy atom. The van der Waals surface area contributed by atoms with E-state index in [4.69, 9.17) is 22.1 Å². The number of halogens is 1. The lowest BCUT2D eigenvalue weighted by Gasteiger charge is -2.39. The van der Waals surface area contributed by atoms with Crippen molar-refractivity contribution in [2.45, 2.75) is 36.2 Å². The summed E-state index contributed by atoms with van der Waals surface area (Å²) in [6.45, 7) is 4.38. The second kappa shape index (κ2) is 11.0. The molecule has 38 heavy (non-hydrogen) atoms. The molecule has 1 aliphatic rings. The van der Waals surface area contributed by atoms with E-state index < -0.39 is 6.09 Å². The number of aromatic nitrogens is 4. The molecule has 2 aromatic heterocycles. The zero-order valence-electron chi connectivity index (χ0n) is 20.8. The van der Waals surface area contributed by atoms with E-state index in [1.807, 2.05) is 36.4 Å². The lowest BCUT2D eigenvalue weighted by molar-refractivity contribution is 0.0818. The zero-order valence-corrected chi connectivity index (χ0v) is 22.4. The van der Waals surface area contributed by atoms with Gasteiger partial charge in [-0.3, -0.25) is 9.36 Å². The summed E-state index contributed by atoms with van der Waals surface area (Å²) in [5.41, 5.74) is 6.38. The number of anilines is 1. The summed E-state index contributed by atoms with van der Waals surface area (Å²) < 4.78 is 6.59. The van der Waals surface area contributed by atoms with E-state index in [0.717, 1.165) is 37.3 Å². The highest BCUT2D eigenvalue weighted by Crippen LogP contribution is 2.36. The molecule has 0 atom stereocenters. The molecule has 0 aliphatic carbocycles. The van der Waals surface area contributed by atoms with Gasteiger partial charge < -0.3 is 15.4 Å². The van der Waals surface area contributed by atoms with Crippen LogP contribution in [-0.4, -0.2) is 45.3 Å².